The Bertz CT molecular complexity index is 293. The smallest absolute Gasteiger partial charge is 0.126 e. The molecule has 0 aromatic heterocycles. The van der Waals surface area contributed by atoms with E-state index < -0.39 is 0 Å². The van der Waals surface area contributed by atoms with Gasteiger partial charge in [0, 0.05) is 12.6 Å². The Morgan fingerprint density at radius 1 is 1.50 bits per heavy atom. The monoisotopic (exact) mass is 219 g/mol. The van der Waals surface area contributed by atoms with Crippen LogP contribution in [0.25, 0.3) is 0 Å². The van der Waals surface area contributed by atoms with Gasteiger partial charge in [0.15, 0.2) is 0 Å². The molecule has 0 unspecified atom stereocenters. The first kappa shape index (κ1) is 13.4. The molecule has 0 saturated carbocycles. The number of halogens is 2. The topological polar surface area (TPSA) is 46.2 Å². The highest BCUT2D eigenvalue weighted by Gasteiger charge is 2.10. The molecular formula is C10H15ClFNO. The molecular weight excluding hydrogens is 205 g/mol. The van der Waals surface area contributed by atoms with Crippen LogP contribution in [0.5, 0.6) is 0 Å². The van der Waals surface area contributed by atoms with Crippen LogP contribution < -0.4 is 5.73 Å². The molecule has 1 atom stereocenters. The number of benzene rings is 1. The van der Waals surface area contributed by atoms with E-state index in [1.807, 2.05) is 0 Å². The summed E-state index contributed by atoms with van der Waals surface area (Å²) in [5.41, 5.74) is 7.09. The molecule has 0 aliphatic rings. The van der Waals surface area contributed by atoms with Crippen molar-refractivity contribution in [3.63, 3.8) is 0 Å². The fourth-order valence-electron chi connectivity index (χ4n) is 1.32. The third-order valence-corrected chi connectivity index (χ3v) is 2.15. The first-order valence-electron chi connectivity index (χ1n) is 4.28. The predicted molar refractivity (Wildman–Crippen MR) is 57.0 cm³/mol. The molecule has 0 heterocycles. The van der Waals surface area contributed by atoms with E-state index in [1.54, 1.807) is 19.1 Å². The highest BCUT2D eigenvalue weighted by Crippen LogP contribution is 2.19. The van der Waals surface area contributed by atoms with Gasteiger partial charge in [0.05, 0.1) is 0 Å². The molecule has 14 heavy (non-hydrogen) atoms. The van der Waals surface area contributed by atoms with Crippen LogP contribution in [-0.4, -0.2) is 11.7 Å². The van der Waals surface area contributed by atoms with Crippen molar-refractivity contribution in [3.05, 3.63) is 35.1 Å². The summed E-state index contributed by atoms with van der Waals surface area (Å²) in [5.74, 6) is -0.245. The number of aliphatic hydroxyl groups is 1. The Hall–Kier alpha value is -0.640. The van der Waals surface area contributed by atoms with Gasteiger partial charge in [0.1, 0.15) is 5.82 Å². The highest BCUT2D eigenvalue weighted by molar-refractivity contribution is 5.85. The van der Waals surface area contributed by atoms with Gasteiger partial charge >= 0.3 is 0 Å². The van der Waals surface area contributed by atoms with E-state index >= 15 is 0 Å². The fraction of sp³-hybridized carbons (Fsp3) is 0.400. The molecule has 0 amide bonds. The Kier molecular flexibility index (Phi) is 5.69. The lowest BCUT2D eigenvalue weighted by molar-refractivity contribution is 0.276. The maximum absolute atomic E-state index is 13.1. The third-order valence-electron chi connectivity index (χ3n) is 2.15. The Morgan fingerprint density at radius 3 is 2.71 bits per heavy atom. The minimum absolute atomic E-state index is 0. The van der Waals surface area contributed by atoms with E-state index in [0.29, 0.717) is 12.0 Å². The van der Waals surface area contributed by atoms with Crippen LogP contribution in [-0.2, 0) is 0 Å². The fourth-order valence-corrected chi connectivity index (χ4v) is 1.32. The van der Waals surface area contributed by atoms with Gasteiger partial charge in [-0.05, 0) is 30.5 Å². The molecule has 0 aliphatic heterocycles. The van der Waals surface area contributed by atoms with Crippen molar-refractivity contribution in [2.45, 2.75) is 19.4 Å². The molecule has 0 bridgehead atoms. The van der Waals surface area contributed by atoms with Crippen LogP contribution in [0.2, 0.25) is 0 Å². The van der Waals surface area contributed by atoms with Crippen LogP contribution >= 0.6 is 12.4 Å². The SMILES string of the molecule is Cc1c(F)cccc1[C@H](N)CCO.Cl. The van der Waals surface area contributed by atoms with Gasteiger partial charge in [-0.3, -0.25) is 0 Å². The van der Waals surface area contributed by atoms with Crippen LogP contribution in [0.3, 0.4) is 0 Å². The van der Waals surface area contributed by atoms with Crippen LogP contribution in [0.4, 0.5) is 4.39 Å². The van der Waals surface area contributed by atoms with E-state index in [-0.39, 0.29) is 30.9 Å². The number of hydrogen-bond acceptors (Lipinski definition) is 2. The summed E-state index contributed by atoms with van der Waals surface area (Å²) in [4.78, 5) is 0. The maximum atomic E-state index is 13.1. The summed E-state index contributed by atoms with van der Waals surface area (Å²) >= 11 is 0. The molecule has 2 nitrogen and oxygen atoms in total. The second kappa shape index (κ2) is 5.96. The van der Waals surface area contributed by atoms with E-state index in [1.165, 1.54) is 6.07 Å². The lowest BCUT2D eigenvalue weighted by atomic mass is 9.99. The lowest BCUT2D eigenvalue weighted by Crippen LogP contribution is -2.13. The van der Waals surface area contributed by atoms with Crippen molar-refractivity contribution >= 4 is 12.4 Å². The van der Waals surface area contributed by atoms with Crippen LogP contribution in [0.1, 0.15) is 23.6 Å². The molecule has 3 N–H and O–H groups in total. The Morgan fingerprint density at radius 2 is 2.14 bits per heavy atom. The molecule has 1 rings (SSSR count). The Balaban J connectivity index is 0.00000169. The molecule has 1 aromatic carbocycles. The van der Waals surface area contributed by atoms with Gasteiger partial charge in [-0.1, -0.05) is 12.1 Å². The minimum atomic E-state index is -0.277. The zero-order valence-corrected chi connectivity index (χ0v) is 8.85. The van der Waals surface area contributed by atoms with Gasteiger partial charge in [-0.15, -0.1) is 12.4 Å². The van der Waals surface area contributed by atoms with Crippen molar-refractivity contribution in [3.8, 4) is 0 Å². The summed E-state index contributed by atoms with van der Waals surface area (Å²) < 4.78 is 13.1. The van der Waals surface area contributed by atoms with Crippen LogP contribution in [0.15, 0.2) is 18.2 Å². The zero-order chi connectivity index (χ0) is 9.84. The van der Waals surface area contributed by atoms with Crippen molar-refractivity contribution in [2.75, 3.05) is 6.61 Å². The van der Waals surface area contributed by atoms with E-state index in [9.17, 15) is 4.39 Å². The predicted octanol–water partition coefficient (Wildman–Crippen LogP) is 1.94. The zero-order valence-electron chi connectivity index (χ0n) is 8.03. The molecule has 4 heteroatoms. The number of rotatable bonds is 3. The first-order chi connectivity index (χ1) is 6.16. The van der Waals surface area contributed by atoms with E-state index in [0.717, 1.165) is 5.56 Å². The minimum Gasteiger partial charge on any atom is -0.396 e. The number of aliphatic hydroxyl groups excluding tert-OH is 1. The number of hydrogen-bond donors (Lipinski definition) is 2. The summed E-state index contributed by atoms with van der Waals surface area (Å²) in [5, 5.41) is 8.68. The van der Waals surface area contributed by atoms with Crippen LogP contribution in [0, 0.1) is 12.7 Å². The largest absolute Gasteiger partial charge is 0.396 e. The van der Waals surface area contributed by atoms with Gasteiger partial charge in [-0.25, -0.2) is 4.39 Å². The second-order valence-corrected chi connectivity index (χ2v) is 3.07. The van der Waals surface area contributed by atoms with Crippen molar-refractivity contribution < 1.29 is 9.50 Å². The summed E-state index contributed by atoms with van der Waals surface area (Å²) in [6, 6.07) is 4.55. The Labute approximate surface area is 89.3 Å². The molecule has 0 fully saturated rings. The quantitative estimate of drug-likeness (QED) is 0.816. The molecule has 0 saturated heterocycles. The van der Waals surface area contributed by atoms with Crippen molar-refractivity contribution in [1.29, 1.82) is 0 Å². The number of nitrogens with two attached hydrogens (primary N) is 1. The van der Waals surface area contributed by atoms with Gasteiger partial charge in [0.2, 0.25) is 0 Å². The first-order valence-corrected chi connectivity index (χ1v) is 4.28. The normalized spacial score (nSPS) is 12.0. The van der Waals surface area contributed by atoms with E-state index in [4.69, 9.17) is 10.8 Å². The molecule has 0 spiro atoms. The summed E-state index contributed by atoms with van der Waals surface area (Å²) in [6.07, 6.45) is 0.463. The molecule has 0 aliphatic carbocycles. The average molecular weight is 220 g/mol. The van der Waals surface area contributed by atoms with Crippen molar-refractivity contribution in [2.24, 2.45) is 5.73 Å². The summed E-state index contributed by atoms with van der Waals surface area (Å²) in [7, 11) is 0. The maximum Gasteiger partial charge on any atom is 0.126 e. The molecule has 80 valence electrons. The van der Waals surface area contributed by atoms with Gasteiger partial charge in [-0.2, -0.15) is 0 Å². The third kappa shape index (κ3) is 2.94. The molecule has 0 radical (unpaired) electrons. The average Bonchev–Trinajstić information content (AvgIpc) is 2.10. The van der Waals surface area contributed by atoms with Gasteiger partial charge < -0.3 is 10.8 Å². The molecule has 1 aromatic rings. The standard InChI is InChI=1S/C10H14FNO.ClH/c1-7-8(10(12)5-6-13)3-2-4-9(7)11;/h2-4,10,13H,5-6,12H2,1H3;1H/t10-;/m1./s1. The highest BCUT2D eigenvalue weighted by atomic mass is 35.5. The van der Waals surface area contributed by atoms with Crippen molar-refractivity contribution in [1.82, 2.24) is 0 Å². The van der Waals surface area contributed by atoms with Gasteiger partial charge in [0.25, 0.3) is 0 Å². The lowest BCUT2D eigenvalue weighted by Gasteiger charge is -2.13. The van der Waals surface area contributed by atoms with E-state index in [2.05, 4.69) is 0 Å². The second-order valence-electron chi connectivity index (χ2n) is 3.07. The summed E-state index contributed by atoms with van der Waals surface area (Å²) in [6.45, 7) is 1.72.